The van der Waals surface area contributed by atoms with Crippen molar-refractivity contribution in [1.29, 1.82) is 0 Å². The van der Waals surface area contributed by atoms with Gasteiger partial charge in [0.1, 0.15) is 0 Å². The number of rotatable bonds is 3. The number of halogens is 1. The highest BCUT2D eigenvalue weighted by molar-refractivity contribution is 6.34. The predicted octanol–water partition coefficient (Wildman–Crippen LogP) is 3.50. The molecule has 1 heterocycles. The quantitative estimate of drug-likeness (QED) is 0.814. The van der Waals surface area contributed by atoms with Crippen molar-refractivity contribution in [2.45, 2.75) is 12.5 Å². The molecular weight excluding hydrogens is 300 g/mol. The zero-order valence-electron chi connectivity index (χ0n) is 12.1. The SMILES string of the molecule is COC(=O)C1CC(c2ccccc2Cl)=NN1c1ccccc1. The van der Waals surface area contributed by atoms with E-state index in [1.165, 1.54) is 7.11 Å². The third kappa shape index (κ3) is 2.70. The molecule has 1 unspecified atom stereocenters. The number of benzene rings is 2. The van der Waals surface area contributed by atoms with Gasteiger partial charge in [0.25, 0.3) is 0 Å². The monoisotopic (exact) mass is 314 g/mol. The van der Waals surface area contributed by atoms with Gasteiger partial charge in [-0.05, 0) is 18.2 Å². The number of para-hydroxylation sites is 1. The van der Waals surface area contributed by atoms with Gasteiger partial charge in [-0.1, -0.05) is 48.0 Å². The molecule has 1 aliphatic heterocycles. The molecule has 2 aromatic carbocycles. The molecule has 112 valence electrons. The van der Waals surface area contributed by atoms with E-state index in [2.05, 4.69) is 5.10 Å². The van der Waals surface area contributed by atoms with Gasteiger partial charge >= 0.3 is 5.97 Å². The molecule has 0 fully saturated rings. The summed E-state index contributed by atoms with van der Waals surface area (Å²) in [5.74, 6) is -0.311. The summed E-state index contributed by atoms with van der Waals surface area (Å²) in [5, 5.41) is 6.93. The van der Waals surface area contributed by atoms with Crippen LogP contribution in [0.2, 0.25) is 5.02 Å². The van der Waals surface area contributed by atoms with Crippen LogP contribution >= 0.6 is 11.6 Å². The Morgan fingerprint density at radius 2 is 1.86 bits per heavy atom. The molecule has 0 aliphatic carbocycles. The van der Waals surface area contributed by atoms with Crippen molar-refractivity contribution in [1.82, 2.24) is 0 Å². The van der Waals surface area contributed by atoms with Crippen molar-refractivity contribution in [3.8, 4) is 0 Å². The van der Waals surface area contributed by atoms with Crippen LogP contribution in [0.25, 0.3) is 0 Å². The minimum Gasteiger partial charge on any atom is -0.467 e. The van der Waals surface area contributed by atoms with E-state index in [0.717, 1.165) is 17.0 Å². The van der Waals surface area contributed by atoms with Gasteiger partial charge in [-0.2, -0.15) is 5.10 Å². The number of methoxy groups -OCH3 is 1. The highest BCUT2D eigenvalue weighted by atomic mass is 35.5. The summed E-state index contributed by atoms with van der Waals surface area (Å²) < 4.78 is 4.91. The lowest BCUT2D eigenvalue weighted by atomic mass is 10.0. The summed E-state index contributed by atoms with van der Waals surface area (Å²) in [7, 11) is 1.39. The minimum atomic E-state index is -0.473. The lowest BCUT2D eigenvalue weighted by Crippen LogP contribution is -2.35. The number of hydrazone groups is 1. The standard InChI is InChI=1S/C17H15ClN2O2/c1-22-17(21)16-11-15(13-9-5-6-10-14(13)18)19-20(16)12-7-3-2-4-8-12/h2-10,16H,11H2,1H3. The molecule has 4 nitrogen and oxygen atoms in total. The molecule has 0 bridgehead atoms. The molecule has 0 N–H and O–H groups in total. The number of hydrogen-bond donors (Lipinski definition) is 0. The van der Waals surface area contributed by atoms with Crippen LogP contribution in [0.3, 0.4) is 0 Å². The van der Waals surface area contributed by atoms with Crippen molar-refractivity contribution in [2.24, 2.45) is 5.10 Å². The first-order valence-corrected chi connectivity index (χ1v) is 7.33. The number of nitrogens with zero attached hydrogens (tertiary/aromatic N) is 2. The van der Waals surface area contributed by atoms with E-state index in [0.29, 0.717) is 11.4 Å². The van der Waals surface area contributed by atoms with E-state index in [1.807, 2.05) is 54.6 Å². The van der Waals surface area contributed by atoms with Crippen molar-refractivity contribution in [2.75, 3.05) is 12.1 Å². The van der Waals surface area contributed by atoms with Crippen molar-refractivity contribution in [3.63, 3.8) is 0 Å². The van der Waals surface area contributed by atoms with Crippen LogP contribution in [0.5, 0.6) is 0 Å². The van der Waals surface area contributed by atoms with Crippen LogP contribution in [0.1, 0.15) is 12.0 Å². The fourth-order valence-corrected chi connectivity index (χ4v) is 2.75. The van der Waals surface area contributed by atoms with Crippen LogP contribution < -0.4 is 5.01 Å². The van der Waals surface area contributed by atoms with E-state index in [-0.39, 0.29) is 5.97 Å². The van der Waals surface area contributed by atoms with Crippen molar-refractivity contribution in [3.05, 3.63) is 65.2 Å². The van der Waals surface area contributed by atoms with E-state index in [4.69, 9.17) is 16.3 Å². The average molecular weight is 315 g/mol. The first-order chi connectivity index (χ1) is 10.7. The second kappa shape index (κ2) is 6.20. The Labute approximate surface area is 134 Å². The van der Waals surface area contributed by atoms with Gasteiger partial charge < -0.3 is 4.74 Å². The third-order valence-electron chi connectivity index (χ3n) is 3.59. The Hall–Kier alpha value is -2.33. The van der Waals surface area contributed by atoms with Crippen LogP contribution in [0, 0.1) is 0 Å². The number of anilines is 1. The largest absolute Gasteiger partial charge is 0.467 e. The lowest BCUT2D eigenvalue weighted by Gasteiger charge is -2.21. The van der Waals surface area contributed by atoms with Gasteiger partial charge in [0.15, 0.2) is 6.04 Å². The first-order valence-electron chi connectivity index (χ1n) is 6.95. The number of carbonyl (C=O) groups is 1. The van der Waals surface area contributed by atoms with E-state index < -0.39 is 6.04 Å². The fourth-order valence-electron chi connectivity index (χ4n) is 2.51. The zero-order valence-corrected chi connectivity index (χ0v) is 12.8. The molecule has 0 amide bonds. The topological polar surface area (TPSA) is 41.9 Å². The van der Waals surface area contributed by atoms with Gasteiger partial charge in [-0.3, -0.25) is 5.01 Å². The van der Waals surface area contributed by atoms with Crippen LogP contribution in [0.15, 0.2) is 59.7 Å². The normalized spacial score (nSPS) is 17.3. The third-order valence-corrected chi connectivity index (χ3v) is 3.92. The predicted molar refractivity (Wildman–Crippen MR) is 87.3 cm³/mol. The number of hydrogen-bond acceptors (Lipinski definition) is 4. The Balaban J connectivity index is 2.00. The van der Waals surface area contributed by atoms with Gasteiger partial charge in [0, 0.05) is 17.0 Å². The highest BCUT2D eigenvalue weighted by Gasteiger charge is 2.35. The maximum absolute atomic E-state index is 12.1. The Bertz CT molecular complexity index is 716. The van der Waals surface area contributed by atoms with Gasteiger partial charge in [-0.25, -0.2) is 4.79 Å². The lowest BCUT2D eigenvalue weighted by molar-refractivity contribution is -0.141. The molecule has 1 atom stereocenters. The molecule has 0 saturated heterocycles. The van der Waals surface area contributed by atoms with Crippen molar-refractivity contribution >= 4 is 29.0 Å². The molecule has 3 rings (SSSR count). The summed E-state index contributed by atoms with van der Waals surface area (Å²) in [6.45, 7) is 0. The van der Waals surface area contributed by atoms with Gasteiger partial charge in [0.05, 0.1) is 18.5 Å². The fraction of sp³-hybridized carbons (Fsp3) is 0.176. The second-order valence-electron chi connectivity index (χ2n) is 4.95. The van der Waals surface area contributed by atoms with Crippen LogP contribution in [-0.4, -0.2) is 24.8 Å². The summed E-state index contributed by atoms with van der Waals surface area (Å²) in [4.78, 5) is 12.1. The van der Waals surface area contributed by atoms with Crippen molar-refractivity contribution < 1.29 is 9.53 Å². The van der Waals surface area contributed by atoms with E-state index in [1.54, 1.807) is 5.01 Å². The Kier molecular flexibility index (Phi) is 4.11. The molecule has 5 heteroatoms. The molecule has 0 saturated carbocycles. The molecule has 22 heavy (non-hydrogen) atoms. The molecule has 0 aromatic heterocycles. The molecule has 1 aliphatic rings. The molecule has 2 aromatic rings. The summed E-state index contributed by atoms with van der Waals surface area (Å²) in [5.41, 5.74) is 2.47. The maximum atomic E-state index is 12.1. The number of ether oxygens (including phenoxy) is 1. The van der Waals surface area contributed by atoms with Gasteiger partial charge in [-0.15, -0.1) is 0 Å². The summed E-state index contributed by atoms with van der Waals surface area (Å²) in [6, 6.07) is 16.6. The Morgan fingerprint density at radius 3 is 2.55 bits per heavy atom. The minimum absolute atomic E-state index is 0.311. The van der Waals surface area contributed by atoms with Crippen LogP contribution in [-0.2, 0) is 9.53 Å². The number of carbonyl (C=O) groups excluding carboxylic acids is 1. The zero-order chi connectivity index (χ0) is 15.5. The summed E-state index contributed by atoms with van der Waals surface area (Å²) in [6.07, 6.45) is 0.464. The van der Waals surface area contributed by atoms with Crippen LogP contribution in [0.4, 0.5) is 5.69 Å². The van der Waals surface area contributed by atoms with E-state index >= 15 is 0 Å². The second-order valence-corrected chi connectivity index (χ2v) is 5.36. The molecule has 0 spiro atoms. The first kappa shape index (κ1) is 14.6. The maximum Gasteiger partial charge on any atom is 0.331 e. The molecular formula is C17H15ClN2O2. The van der Waals surface area contributed by atoms with Gasteiger partial charge in [0.2, 0.25) is 0 Å². The highest BCUT2D eigenvalue weighted by Crippen LogP contribution is 2.29. The molecule has 0 radical (unpaired) electrons. The summed E-state index contributed by atoms with van der Waals surface area (Å²) >= 11 is 6.24. The van der Waals surface area contributed by atoms with E-state index in [9.17, 15) is 4.79 Å². The number of esters is 1. The average Bonchev–Trinajstić information content (AvgIpc) is 3.00. The Morgan fingerprint density at radius 1 is 1.18 bits per heavy atom. The smallest absolute Gasteiger partial charge is 0.331 e.